The number of imidazole rings is 1. The molecule has 9 rings (SSSR count). The first-order valence-electron chi connectivity index (χ1n) is 16.5. The molecule has 46 heavy (non-hydrogen) atoms. The first kappa shape index (κ1) is 28.0. The van der Waals surface area contributed by atoms with Gasteiger partial charge in [0.2, 0.25) is 0 Å². The molecule has 5 heterocycles. The number of halogens is 1. The summed E-state index contributed by atoms with van der Waals surface area (Å²) in [5.74, 6) is 2.13. The molecule has 10 heteroatoms. The summed E-state index contributed by atoms with van der Waals surface area (Å²) in [7, 11) is 0. The van der Waals surface area contributed by atoms with Crippen molar-refractivity contribution in [3.05, 3.63) is 83.1 Å². The second kappa shape index (κ2) is 10.7. The summed E-state index contributed by atoms with van der Waals surface area (Å²) < 4.78 is 4.64. The van der Waals surface area contributed by atoms with E-state index in [-0.39, 0.29) is 29.8 Å². The van der Waals surface area contributed by atoms with Crippen molar-refractivity contribution in [1.82, 2.24) is 28.9 Å². The van der Waals surface area contributed by atoms with Crippen LogP contribution in [0.3, 0.4) is 0 Å². The number of aromatic nitrogens is 4. The second-order valence-corrected chi connectivity index (χ2v) is 14.2. The van der Waals surface area contributed by atoms with Gasteiger partial charge in [0, 0.05) is 85.1 Å². The van der Waals surface area contributed by atoms with Crippen LogP contribution in [-0.4, -0.2) is 72.4 Å². The van der Waals surface area contributed by atoms with Crippen molar-refractivity contribution in [3.63, 3.8) is 0 Å². The molecule has 4 aliphatic rings. The fourth-order valence-corrected chi connectivity index (χ4v) is 8.42. The Morgan fingerprint density at radius 1 is 0.848 bits per heavy atom. The molecule has 2 aliphatic carbocycles. The summed E-state index contributed by atoms with van der Waals surface area (Å²) in [4.78, 5) is 40.0. The Balaban J connectivity index is 1.11. The number of hydrogen-bond acceptors (Lipinski definition) is 5. The minimum absolute atomic E-state index is 0.0188. The van der Waals surface area contributed by atoms with Crippen LogP contribution in [0.4, 0.5) is 0 Å². The highest BCUT2D eigenvalue weighted by molar-refractivity contribution is 6.35. The number of para-hydroxylation sites is 1. The number of hydrogen-bond donors (Lipinski definition) is 1. The van der Waals surface area contributed by atoms with E-state index >= 15 is 0 Å². The summed E-state index contributed by atoms with van der Waals surface area (Å²) in [5.41, 5.74) is 11.5. The average molecular weight is 634 g/mol. The van der Waals surface area contributed by atoms with Gasteiger partial charge in [0.05, 0.1) is 21.7 Å². The standard InChI is InChI=1S/C36H36ClN7O2/c37-27-13-26(36(46)43-20-25-7-8-30(43)32(25)38)14-28-33(27)44(19-22-16-41(17-22)35(45)23-9-11-39-12-10-23)34(40-28)31-15-24-3-1-2-4-29(24)42(31)18-21-5-6-21/h1-4,9-15,21-22,25,30,32H,5-8,16-20,38H2/t25?,30?,32-/m1/s1. The summed E-state index contributed by atoms with van der Waals surface area (Å²) in [6.07, 6.45) is 7.83. The van der Waals surface area contributed by atoms with Crippen LogP contribution in [0.1, 0.15) is 46.4 Å². The molecule has 2 unspecified atom stereocenters. The molecule has 2 aromatic carbocycles. The van der Waals surface area contributed by atoms with Gasteiger partial charge >= 0.3 is 0 Å². The highest BCUT2D eigenvalue weighted by Gasteiger charge is 2.47. The predicted molar refractivity (Wildman–Crippen MR) is 178 cm³/mol. The third kappa shape index (κ3) is 4.54. The minimum atomic E-state index is -0.0188. The Kier molecular flexibility index (Phi) is 6.51. The Hall–Kier alpha value is -4.21. The highest BCUT2D eigenvalue weighted by atomic mass is 35.5. The van der Waals surface area contributed by atoms with Gasteiger partial charge in [0.25, 0.3) is 11.8 Å². The lowest BCUT2D eigenvalue weighted by Gasteiger charge is -2.39. The van der Waals surface area contributed by atoms with E-state index in [1.807, 2.05) is 21.9 Å². The van der Waals surface area contributed by atoms with E-state index in [0.717, 1.165) is 36.4 Å². The average Bonchev–Trinajstić information content (AvgIpc) is 3.40. The molecule has 5 aromatic rings. The van der Waals surface area contributed by atoms with Crippen LogP contribution < -0.4 is 5.73 Å². The van der Waals surface area contributed by atoms with Gasteiger partial charge in [0.15, 0.2) is 5.82 Å². The van der Waals surface area contributed by atoms with Gasteiger partial charge in [-0.25, -0.2) is 4.98 Å². The second-order valence-electron chi connectivity index (χ2n) is 13.8. The Morgan fingerprint density at radius 3 is 2.37 bits per heavy atom. The number of carbonyl (C=O) groups is 2. The van der Waals surface area contributed by atoms with Gasteiger partial charge in [0.1, 0.15) is 0 Å². The maximum Gasteiger partial charge on any atom is 0.254 e. The van der Waals surface area contributed by atoms with Gasteiger partial charge in [-0.3, -0.25) is 14.6 Å². The monoisotopic (exact) mass is 633 g/mol. The van der Waals surface area contributed by atoms with Crippen LogP contribution in [-0.2, 0) is 13.1 Å². The predicted octanol–water partition coefficient (Wildman–Crippen LogP) is 5.45. The molecule has 234 valence electrons. The van der Waals surface area contributed by atoms with E-state index in [1.165, 1.54) is 23.7 Å². The molecule has 2 N–H and O–H groups in total. The molecule has 2 aliphatic heterocycles. The van der Waals surface area contributed by atoms with Crippen molar-refractivity contribution in [2.75, 3.05) is 19.6 Å². The van der Waals surface area contributed by atoms with Crippen LogP contribution in [0.25, 0.3) is 33.5 Å². The Labute approximate surface area is 271 Å². The fraction of sp³-hybridized carbons (Fsp3) is 0.389. The summed E-state index contributed by atoms with van der Waals surface area (Å²) in [5, 5.41) is 1.69. The number of likely N-dealkylation sites (tertiary alicyclic amines) is 2. The largest absolute Gasteiger partial charge is 0.338 e. The number of nitrogens with zero attached hydrogens (tertiary/aromatic N) is 6. The lowest BCUT2D eigenvalue weighted by molar-refractivity contribution is 0.0471. The number of piperidine rings is 1. The lowest BCUT2D eigenvalue weighted by atomic mass is 9.98. The number of fused-ring (bicyclic) bond motifs is 4. The molecule has 9 nitrogen and oxygen atoms in total. The number of rotatable bonds is 7. The molecule has 3 atom stereocenters. The maximum absolute atomic E-state index is 13.8. The molecule has 4 fully saturated rings. The normalized spacial score (nSPS) is 22.7. The highest BCUT2D eigenvalue weighted by Crippen LogP contribution is 2.40. The minimum Gasteiger partial charge on any atom is -0.338 e. The molecule has 2 saturated heterocycles. The van der Waals surface area contributed by atoms with Crippen molar-refractivity contribution in [3.8, 4) is 11.5 Å². The van der Waals surface area contributed by atoms with Crippen LogP contribution in [0.2, 0.25) is 5.02 Å². The van der Waals surface area contributed by atoms with Gasteiger partial charge in [-0.15, -0.1) is 0 Å². The third-order valence-electron chi connectivity index (χ3n) is 10.7. The summed E-state index contributed by atoms with van der Waals surface area (Å²) in [6.45, 7) is 3.61. The number of amides is 2. The molecule has 0 radical (unpaired) electrons. The quantitative estimate of drug-likeness (QED) is 0.257. The summed E-state index contributed by atoms with van der Waals surface area (Å²) in [6, 6.07) is 18.1. The third-order valence-corrected chi connectivity index (χ3v) is 11.0. The van der Waals surface area contributed by atoms with Crippen molar-refractivity contribution in [2.45, 2.75) is 50.9 Å². The van der Waals surface area contributed by atoms with E-state index < -0.39 is 0 Å². The number of carbonyl (C=O) groups excluding carboxylic acids is 2. The maximum atomic E-state index is 13.8. The van der Waals surface area contributed by atoms with E-state index in [2.05, 4.69) is 44.5 Å². The lowest BCUT2D eigenvalue weighted by Crippen LogP contribution is -2.51. The zero-order valence-corrected chi connectivity index (χ0v) is 26.3. The number of pyridine rings is 1. The van der Waals surface area contributed by atoms with E-state index in [9.17, 15) is 9.59 Å². The van der Waals surface area contributed by atoms with E-state index in [0.29, 0.717) is 59.7 Å². The van der Waals surface area contributed by atoms with Crippen LogP contribution in [0.5, 0.6) is 0 Å². The van der Waals surface area contributed by atoms with Crippen molar-refractivity contribution in [1.29, 1.82) is 0 Å². The molecule has 0 spiro atoms. The van der Waals surface area contributed by atoms with Crippen molar-refractivity contribution >= 4 is 45.4 Å². The van der Waals surface area contributed by atoms with Crippen LogP contribution in [0.15, 0.2) is 67.0 Å². The van der Waals surface area contributed by atoms with Gasteiger partial charge < -0.3 is 24.7 Å². The molecular weight excluding hydrogens is 598 g/mol. The topological polar surface area (TPSA) is 102 Å². The smallest absolute Gasteiger partial charge is 0.254 e. The van der Waals surface area contributed by atoms with Crippen molar-refractivity contribution in [2.24, 2.45) is 23.5 Å². The van der Waals surface area contributed by atoms with Crippen LogP contribution >= 0.6 is 11.6 Å². The SMILES string of the molecule is N[C@@H]1C2CCC1N(C(=O)c1cc(Cl)c3c(c1)nc(-c1cc4ccccc4n1CC1CC1)n3CC1CN(C(=O)c3ccncc3)C1)C2. The summed E-state index contributed by atoms with van der Waals surface area (Å²) >= 11 is 7.11. The first-order valence-corrected chi connectivity index (χ1v) is 16.8. The molecule has 2 saturated carbocycles. The molecular formula is C36H36ClN7O2. The number of nitrogens with two attached hydrogens (primary N) is 1. The van der Waals surface area contributed by atoms with Crippen LogP contribution in [0, 0.1) is 17.8 Å². The zero-order valence-electron chi connectivity index (χ0n) is 25.6. The molecule has 2 bridgehead atoms. The van der Waals surface area contributed by atoms with Gasteiger partial charge in [-0.2, -0.15) is 0 Å². The zero-order chi connectivity index (χ0) is 31.1. The van der Waals surface area contributed by atoms with Gasteiger partial charge in [-0.05, 0) is 73.9 Å². The Morgan fingerprint density at radius 2 is 1.63 bits per heavy atom. The van der Waals surface area contributed by atoms with Crippen molar-refractivity contribution < 1.29 is 9.59 Å². The van der Waals surface area contributed by atoms with E-state index in [1.54, 1.807) is 24.5 Å². The first-order chi connectivity index (χ1) is 22.4. The Bertz CT molecular complexity index is 2010. The van der Waals surface area contributed by atoms with Gasteiger partial charge in [-0.1, -0.05) is 29.8 Å². The molecule has 2 amide bonds. The number of benzene rings is 2. The fourth-order valence-electron chi connectivity index (χ4n) is 8.10. The molecule has 3 aromatic heterocycles. The van der Waals surface area contributed by atoms with E-state index in [4.69, 9.17) is 22.3 Å².